The summed E-state index contributed by atoms with van der Waals surface area (Å²) in [6, 6.07) is 13.4. The molecule has 5 aromatic rings. The van der Waals surface area contributed by atoms with Crippen LogP contribution in [-0.2, 0) is 5.75 Å². The highest BCUT2D eigenvalue weighted by molar-refractivity contribution is 7.98. The zero-order valence-electron chi connectivity index (χ0n) is 17.6. The minimum Gasteiger partial charge on any atom is -0.494 e. The minimum atomic E-state index is -0.383. The molecule has 5 rings (SSSR count). The standard InChI is InChI=1S/C22H16FN5O3S3/c1-2-30-15-8-6-14(7-9-15)28-19-17(34-22(28)32)20(29)26-21(25-19)33-11-16-24-18(27-31-16)12-4-3-5-13(23)10-12/h3-10H,2,11H2,1H3,(H,25,26,29). The number of benzene rings is 2. The normalized spacial score (nSPS) is 11.2. The van der Waals surface area contributed by atoms with Crippen molar-refractivity contribution in [2.24, 2.45) is 0 Å². The van der Waals surface area contributed by atoms with Gasteiger partial charge in [-0.2, -0.15) is 4.98 Å². The Morgan fingerprint density at radius 1 is 1.24 bits per heavy atom. The number of nitrogens with one attached hydrogen (secondary N) is 1. The molecule has 0 aliphatic rings. The molecule has 1 N–H and O–H groups in total. The maximum Gasteiger partial charge on any atom is 0.271 e. The van der Waals surface area contributed by atoms with Gasteiger partial charge in [0, 0.05) is 11.3 Å². The molecule has 0 atom stereocenters. The topological polar surface area (TPSA) is 98.8 Å². The van der Waals surface area contributed by atoms with E-state index in [2.05, 4.69) is 20.1 Å². The summed E-state index contributed by atoms with van der Waals surface area (Å²) in [6.07, 6.45) is 0. The van der Waals surface area contributed by atoms with Crippen LogP contribution in [0.4, 0.5) is 4.39 Å². The molecule has 0 unspecified atom stereocenters. The maximum absolute atomic E-state index is 13.5. The van der Waals surface area contributed by atoms with Crippen molar-refractivity contribution >= 4 is 45.7 Å². The Morgan fingerprint density at radius 3 is 2.82 bits per heavy atom. The van der Waals surface area contributed by atoms with Crippen LogP contribution in [0.3, 0.4) is 0 Å². The summed E-state index contributed by atoms with van der Waals surface area (Å²) in [6.45, 7) is 2.49. The number of halogens is 1. The molecule has 0 radical (unpaired) electrons. The SMILES string of the molecule is CCOc1ccc(-n2c(=S)sc3c(=O)[nH]c(SCc4nc(-c5cccc(F)c5)no4)nc32)cc1. The Hall–Kier alpha value is -3.35. The lowest BCUT2D eigenvalue weighted by Crippen LogP contribution is -2.09. The number of aromatic amines is 1. The van der Waals surface area contributed by atoms with E-state index in [-0.39, 0.29) is 23.0 Å². The summed E-state index contributed by atoms with van der Waals surface area (Å²) in [5, 5.41) is 4.28. The third-order valence-corrected chi connectivity index (χ3v) is 6.93. The van der Waals surface area contributed by atoms with Crippen LogP contribution in [0.2, 0.25) is 0 Å². The molecule has 0 fully saturated rings. The average molecular weight is 514 g/mol. The molecule has 172 valence electrons. The lowest BCUT2D eigenvalue weighted by molar-refractivity contribution is 0.340. The van der Waals surface area contributed by atoms with Gasteiger partial charge in [0.25, 0.3) is 5.56 Å². The first-order chi connectivity index (χ1) is 16.5. The highest BCUT2D eigenvalue weighted by Gasteiger charge is 2.15. The maximum atomic E-state index is 13.5. The second kappa shape index (κ2) is 9.49. The molecule has 0 saturated carbocycles. The van der Waals surface area contributed by atoms with Gasteiger partial charge in [0.05, 0.1) is 12.4 Å². The first-order valence-electron chi connectivity index (χ1n) is 10.1. The van der Waals surface area contributed by atoms with Crippen molar-refractivity contribution in [1.29, 1.82) is 0 Å². The van der Waals surface area contributed by atoms with Gasteiger partial charge in [-0.1, -0.05) is 40.4 Å². The summed E-state index contributed by atoms with van der Waals surface area (Å²) < 4.78 is 26.9. The van der Waals surface area contributed by atoms with Crippen molar-refractivity contribution < 1.29 is 13.7 Å². The number of hydrogen-bond donors (Lipinski definition) is 1. The first-order valence-corrected chi connectivity index (χ1v) is 12.3. The van der Waals surface area contributed by atoms with Crippen molar-refractivity contribution in [2.75, 3.05) is 6.61 Å². The van der Waals surface area contributed by atoms with Gasteiger partial charge in [-0.3, -0.25) is 9.36 Å². The van der Waals surface area contributed by atoms with E-state index < -0.39 is 0 Å². The van der Waals surface area contributed by atoms with Crippen LogP contribution in [0.25, 0.3) is 27.4 Å². The number of aromatic nitrogens is 5. The predicted molar refractivity (Wildman–Crippen MR) is 131 cm³/mol. The molecule has 0 saturated heterocycles. The third kappa shape index (κ3) is 4.52. The molecular weight excluding hydrogens is 497 g/mol. The Bertz CT molecular complexity index is 1590. The van der Waals surface area contributed by atoms with E-state index in [9.17, 15) is 9.18 Å². The van der Waals surface area contributed by atoms with E-state index in [1.54, 1.807) is 16.7 Å². The van der Waals surface area contributed by atoms with Gasteiger partial charge in [-0.25, -0.2) is 9.37 Å². The molecule has 0 spiro atoms. The summed E-state index contributed by atoms with van der Waals surface area (Å²) in [5.41, 5.74) is 1.49. The molecule has 8 nitrogen and oxygen atoms in total. The van der Waals surface area contributed by atoms with Crippen LogP contribution in [0, 0.1) is 9.77 Å². The van der Waals surface area contributed by atoms with E-state index in [4.69, 9.17) is 21.5 Å². The Balaban J connectivity index is 1.42. The molecule has 3 heterocycles. The molecule has 0 aliphatic carbocycles. The van der Waals surface area contributed by atoms with E-state index >= 15 is 0 Å². The van der Waals surface area contributed by atoms with Crippen LogP contribution in [0.1, 0.15) is 12.8 Å². The van der Waals surface area contributed by atoms with Gasteiger partial charge in [-0.15, -0.1) is 0 Å². The number of thiazole rings is 1. The van der Waals surface area contributed by atoms with Gasteiger partial charge in [-0.05, 0) is 55.5 Å². The Labute approximate surface area is 205 Å². The summed E-state index contributed by atoms with van der Waals surface area (Å²) in [7, 11) is 0. The average Bonchev–Trinajstić information content (AvgIpc) is 3.43. The second-order valence-corrected chi connectivity index (χ2v) is 9.57. The number of hydrogen-bond acceptors (Lipinski definition) is 9. The second-order valence-electron chi connectivity index (χ2n) is 6.96. The highest BCUT2D eigenvalue weighted by atomic mass is 32.2. The molecular formula is C22H16FN5O3S3. The van der Waals surface area contributed by atoms with Gasteiger partial charge >= 0.3 is 0 Å². The third-order valence-electron chi connectivity index (χ3n) is 4.71. The molecule has 2 aromatic carbocycles. The number of fused-ring (bicyclic) bond motifs is 1. The van der Waals surface area contributed by atoms with Crippen molar-refractivity contribution in [2.45, 2.75) is 17.8 Å². The quantitative estimate of drug-likeness (QED) is 0.176. The van der Waals surface area contributed by atoms with Gasteiger partial charge < -0.3 is 14.2 Å². The molecule has 3 aromatic heterocycles. The Morgan fingerprint density at radius 2 is 2.06 bits per heavy atom. The zero-order valence-corrected chi connectivity index (χ0v) is 20.1. The molecule has 0 bridgehead atoms. The number of H-pyrrole nitrogens is 1. The van der Waals surface area contributed by atoms with Crippen LogP contribution >= 0.6 is 35.3 Å². The van der Waals surface area contributed by atoms with Crippen LogP contribution in [0.5, 0.6) is 5.75 Å². The van der Waals surface area contributed by atoms with Crippen molar-refractivity contribution in [3.8, 4) is 22.8 Å². The van der Waals surface area contributed by atoms with Crippen LogP contribution < -0.4 is 10.3 Å². The lowest BCUT2D eigenvalue weighted by Gasteiger charge is -2.07. The number of ether oxygens (including phenoxy) is 1. The zero-order chi connectivity index (χ0) is 23.7. The van der Waals surface area contributed by atoms with E-state index in [0.717, 1.165) is 11.4 Å². The van der Waals surface area contributed by atoms with Crippen molar-refractivity contribution in [1.82, 2.24) is 24.7 Å². The number of thioether (sulfide) groups is 1. The van der Waals surface area contributed by atoms with Gasteiger partial charge in [0.2, 0.25) is 11.7 Å². The Kier molecular flexibility index (Phi) is 6.26. The molecule has 12 heteroatoms. The van der Waals surface area contributed by atoms with Crippen molar-refractivity contribution in [3.05, 3.63) is 74.5 Å². The first kappa shape index (κ1) is 22.4. The summed E-state index contributed by atoms with van der Waals surface area (Å²) >= 11 is 7.95. The largest absolute Gasteiger partial charge is 0.494 e. The van der Waals surface area contributed by atoms with Crippen LogP contribution in [-0.4, -0.2) is 31.3 Å². The van der Waals surface area contributed by atoms with Crippen LogP contribution in [0.15, 0.2) is 63.0 Å². The van der Waals surface area contributed by atoms with Crippen molar-refractivity contribution in [3.63, 3.8) is 0 Å². The highest BCUT2D eigenvalue weighted by Crippen LogP contribution is 2.27. The summed E-state index contributed by atoms with van der Waals surface area (Å²) in [5.74, 6) is 1.24. The van der Waals surface area contributed by atoms with Gasteiger partial charge in [0.15, 0.2) is 14.8 Å². The molecule has 34 heavy (non-hydrogen) atoms. The fraction of sp³-hybridized carbons (Fsp3) is 0.136. The minimum absolute atomic E-state index is 0.269. The molecule has 0 amide bonds. The molecule has 0 aliphatic heterocycles. The fourth-order valence-corrected chi connectivity index (χ4v) is 5.20. The van der Waals surface area contributed by atoms with E-state index in [1.165, 1.54) is 35.2 Å². The summed E-state index contributed by atoms with van der Waals surface area (Å²) in [4.78, 5) is 24.4. The van der Waals surface area contributed by atoms with Gasteiger partial charge in [0.1, 0.15) is 16.3 Å². The number of rotatable bonds is 7. The lowest BCUT2D eigenvalue weighted by atomic mass is 10.2. The predicted octanol–water partition coefficient (Wildman–Crippen LogP) is 5.38. The monoisotopic (exact) mass is 513 g/mol. The fourth-order valence-electron chi connectivity index (χ4n) is 3.24. The number of nitrogens with zero attached hydrogens (tertiary/aromatic N) is 4. The smallest absolute Gasteiger partial charge is 0.271 e. The van der Waals surface area contributed by atoms with E-state index in [0.29, 0.717) is 37.5 Å². The van der Waals surface area contributed by atoms with E-state index in [1.807, 2.05) is 31.2 Å².